The van der Waals surface area contributed by atoms with Crippen LogP contribution in [-0.2, 0) is 20.7 Å². The molecule has 0 aliphatic rings. The van der Waals surface area contributed by atoms with E-state index < -0.39 is 53.0 Å². The van der Waals surface area contributed by atoms with E-state index in [1.165, 1.54) is 13.0 Å². The number of carbonyl (C=O) groups is 2. The van der Waals surface area contributed by atoms with E-state index in [1.54, 1.807) is 48.7 Å². The third kappa shape index (κ3) is 9.22. The zero-order valence-electron chi connectivity index (χ0n) is 22.7. The van der Waals surface area contributed by atoms with Gasteiger partial charge in [-0.3, -0.25) is 0 Å². The van der Waals surface area contributed by atoms with Crippen molar-refractivity contribution in [2.24, 2.45) is 5.92 Å². The molecule has 37 heavy (non-hydrogen) atoms. The second-order valence-electron chi connectivity index (χ2n) is 10.4. The first-order chi connectivity index (χ1) is 17.1. The Labute approximate surface area is 217 Å². The van der Waals surface area contributed by atoms with Crippen LogP contribution < -0.4 is 14.8 Å². The lowest BCUT2D eigenvalue weighted by atomic mass is 9.81. The second kappa shape index (κ2) is 12.3. The van der Waals surface area contributed by atoms with E-state index in [-0.39, 0.29) is 5.75 Å². The molecule has 0 unspecified atom stereocenters. The molecule has 1 N–H and O–H groups in total. The third-order valence-electron chi connectivity index (χ3n) is 5.73. The number of amides is 1. The molecule has 0 radical (unpaired) electrons. The minimum absolute atomic E-state index is 0.121. The molecule has 0 heterocycles. The fourth-order valence-electron chi connectivity index (χ4n) is 3.82. The SMILES string of the molecule is COc1ccc(C[C@@H]([C@H](C)OC(=O)[C@H](C)NC(=O)OC(C)(C)C)C(C)(C)Oc2ccc(F)cc2F)cc1. The van der Waals surface area contributed by atoms with E-state index in [0.717, 1.165) is 17.7 Å². The molecule has 2 aromatic carbocycles. The van der Waals surface area contributed by atoms with E-state index in [1.807, 2.05) is 24.3 Å². The summed E-state index contributed by atoms with van der Waals surface area (Å²) >= 11 is 0. The van der Waals surface area contributed by atoms with Gasteiger partial charge in [-0.05, 0) is 84.7 Å². The second-order valence-corrected chi connectivity index (χ2v) is 10.4. The summed E-state index contributed by atoms with van der Waals surface area (Å²) in [7, 11) is 1.57. The Morgan fingerprint density at radius 3 is 2.14 bits per heavy atom. The number of benzene rings is 2. The lowest BCUT2D eigenvalue weighted by molar-refractivity contribution is -0.157. The van der Waals surface area contributed by atoms with Crippen molar-refractivity contribution in [3.05, 3.63) is 59.7 Å². The Kier molecular flexibility index (Phi) is 9.89. The summed E-state index contributed by atoms with van der Waals surface area (Å²) in [6, 6.07) is 9.48. The summed E-state index contributed by atoms with van der Waals surface area (Å²) < 4.78 is 50.0. The molecule has 0 saturated heterocycles. The number of alkyl carbamates (subject to hydrolysis) is 1. The summed E-state index contributed by atoms with van der Waals surface area (Å²) in [5.41, 5.74) is -0.869. The average molecular weight is 522 g/mol. The van der Waals surface area contributed by atoms with Gasteiger partial charge < -0.3 is 24.3 Å². The van der Waals surface area contributed by atoms with Crippen LogP contribution >= 0.6 is 0 Å². The molecule has 204 valence electrons. The van der Waals surface area contributed by atoms with E-state index in [9.17, 15) is 18.4 Å². The van der Waals surface area contributed by atoms with Crippen molar-refractivity contribution in [2.75, 3.05) is 7.11 Å². The normalized spacial score (nSPS) is 14.2. The fourth-order valence-corrected chi connectivity index (χ4v) is 3.82. The van der Waals surface area contributed by atoms with Crippen LogP contribution in [0.1, 0.15) is 54.0 Å². The van der Waals surface area contributed by atoms with Gasteiger partial charge in [-0.2, -0.15) is 0 Å². The van der Waals surface area contributed by atoms with Crippen LogP contribution in [0.25, 0.3) is 0 Å². The third-order valence-corrected chi connectivity index (χ3v) is 5.73. The summed E-state index contributed by atoms with van der Waals surface area (Å²) in [4.78, 5) is 24.9. The molecule has 0 saturated carbocycles. The first-order valence-electron chi connectivity index (χ1n) is 12.1. The van der Waals surface area contributed by atoms with Gasteiger partial charge in [0.15, 0.2) is 11.6 Å². The predicted molar refractivity (Wildman–Crippen MR) is 136 cm³/mol. The number of ether oxygens (including phenoxy) is 4. The maximum Gasteiger partial charge on any atom is 0.408 e. The Morgan fingerprint density at radius 2 is 1.59 bits per heavy atom. The number of nitrogens with one attached hydrogen (secondary N) is 1. The van der Waals surface area contributed by atoms with Crippen LogP contribution in [0.15, 0.2) is 42.5 Å². The van der Waals surface area contributed by atoms with Gasteiger partial charge in [-0.1, -0.05) is 12.1 Å². The van der Waals surface area contributed by atoms with Crippen molar-refractivity contribution in [3.63, 3.8) is 0 Å². The lowest BCUT2D eigenvalue weighted by Crippen LogP contribution is -2.48. The van der Waals surface area contributed by atoms with Crippen molar-refractivity contribution < 1.29 is 37.3 Å². The number of hydrogen-bond donors (Lipinski definition) is 1. The molecular formula is C28H37F2NO6. The van der Waals surface area contributed by atoms with Gasteiger partial charge in [0.05, 0.1) is 7.11 Å². The Morgan fingerprint density at radius 1 is 0.973 bits per heavy atom. The molecular weight excluding hydrogens is 484 g/mol. The van der Waals surface area contributed by atoms with Crippen molar-refractivity contribution in [2.45, 2.75) is 78.2 Å². The van der Waals surface area contributed by atoms with E-state index in [4.69, 9.17) is 18.9 Å². The summed E-state index contributed by atoms with van der Waals surface area (Å²) in [6.45, 7) is 11.8. The van der Waals surface area contributed by atoms with Gasteiger partial charge in [0.25, 0.3) is 0 Å². The van der Waals surface area contributed by atoms with Crippen molar-refractivity contribution >= 4 is 12.1 Å². The van der Waals surface area contributed by atoms with Gasteiger partial charge in [-0.25, -0.2) is 18.4 Å². The predicted octanol–water partition coefficient (Wildman–Crippen LogP) is 5.83. The molecule has 0 aliphatic carbocycles. The molecule has 9 heteroatoms. The minimum Gasteiger partial charge on any atom is -0.497 e. The Bertz CT molecular complexity index is 1070. The number of halogens is 2. The minimum atomic E-state index is -1.06. The van der Waals surface area contributed by atoms with Crippen LogP contribution in [0.2, 0.25) is 0 Å². The smallest absolute Gasteiger partial charge is 0.408 e. The quantitative estimate of drug-likeness (QED) is 0.396. The highest BCUT2D eigenvalue weighted by Gasteiger charge is 2.39. The summed E-state index contributed by atoms with van der Waals surface area (Å²) in [5, 5.41) is 2.47. The number of rotatable bonds is 10. The van der Waals surface area contributed by atoms with Crippen molar-refractivity contribution in [1.82, 2.24) is 5.32 Å². The molecule has 0 aliphatic heterocycles. The molecule has 2 rings (SSSR count). The first-order valence-corrected chi connectivity index (χ1v) is 12.1. The molecule has 7 nitrogen and oxygen atoms in total. The maximum absolute atomic E-state index is 14.4. The topological polar surface area (TPSA) is 83.1 Å². The standard InChI is InChI=1S/C28H37F2NO6/c1-17(31-26(33)37-27(3,4)5)25(32)35-18(2)22(15-19-9-12-21(34-8)13-10-19)28(6,7)36-24-14-11-20(29)16-23(24)30/h9-14,16-18,22H,15H2,1-8H3,(H,31,33)/t17-,18-,22-/m0/s1. The van der Waals surface area contributed by atoms with Gasteiger partial charge in [0.1, 0.15) is 34.9 Å². The van der Waals surface area contributed by atoms with Gasteiger partial charge >= 0.3 is 12.1 Å². The molecule has 0 aromatic heterocycles. The maximum atomic E-state index is 14.4. The molecule has 3 atom stereocenters. The van der Waals surface area contributed by atoms with Crippen LogP contribution in [0.4, 0.5) is 13.6 Å². The van der Waals surface area contributed by atoms with Gasteiger partial charge in [-0.15, -0.1) is 0 Å². The summed E-state index contributed by atoms with van der Waals surface area (Å²) in [6.07, 6.45) is -1.05. The van der Waals surface area contributed by atoms with Crippen LogP contribution in [0.5, 0.6) is 11.5 Å². The highest BCUT2D eigenvalue weighted by molar-refractivity contribution is 5.81. The molecule has 1 amide bonds. The van der Waals surface area contributed by atoms with Crippen LogP contribution in [-0.4, -0.2) is 42.5 Å². The average Bonchev–Trinajstić information content (AvgIpc) is 2.78. The Balaban J connectivity index is 2.25. The lowest BCUT2D eigenvalue weighted by Gasteiger charge is -2.38. The van der Waals surface area contributed by atoms with E-state index in [0.29, 0.717) is 12.2 Å². The highest BCUT2D eigenvalue weighted by Crippen LogP contribution is 2.33. The van der Waals surface area contributed by atoms with Crippen molar-refractivity contribution in [1.29, 1.82) is 0 Å². The summed E-state index contributed by atoms with van der Waals surface area (Å²) in [5.74, 6) is -2.12. The van der Waals surface area contributed by atoms with Crippen LogP contribution in [0.3, 0.4) is 0 Å². The van der Waals surface area contributed by atoms with E-state index in [2.05, 4.69) is 5.32 Å². The Hall–Kier alpha value is -3.36. The molecule has 0 fully saturated rings. The molecule has 2 aromatic rings. The largest absolute Gasteiger partial charge is 0.497 e. The molecule has 0 bridgehead atoms. The zero-order valence-corrected chi connectivity index (χ0v) is 22.7. The van der Waals surface area contributed by atoms with Crippen LogP contribution in [0, 0.1) is 17.6 Å². The number of methoxy groups -OCH3 is 1. The monoisotopic (exact) mass is 521 g/mol. The number of esters is 1. The van der Waals surface area contributed by atoms with Crippen molar-refractivity contribution in [3.8, 4) is 11.5 Å². The zero-order chi connectivity index (χ0) is 28.0. The number of carbonyl (C=O) groups excluding carboxylic acids is 2. The van der Waals surface area contributed by atoms with Gasteiger partial charge in [0, 0.05) is 12.0 Å². The van der Waals surface area contributed by atoms with Gasteiger partial charge in [0.2, 0.25) is 0 Å². The fraction of sp³-hybridized carbons (Fsp3) is 0.500. The number of hydrogen-bond acceptors (Lipinski definition) is 6. The highest BCUT2D eigenvalue weighted by atomic mass is 19.1. The van der Waals surface area contributed by atoms with E-state index >= 15 is 0 Å². The first kappa shape index (κ1) is 29.9. The molecule has 0 spiro atoms.